The minimum absolute atomic E-state index is 0.211. The molecule has 1 atom stereocenters. The summed E-state index contributed by atoms with van der Waals surface area (Å²) in [5.74, 6) is -1.06. The molecule has 0 bridgehead atoms. The van der Waals surface area contributed by atoms with E-state index in [1.807, 2.05) is 30.3 Å². The number of nitrogens with one attached hydrogen (secondary N) is 2. The van der Waals surface area contributed by atoms with E-state index >= 15 is 0 Å². The summed E-state index contributed by atoms with van der Waals surface area (Å²) in [6.45, 7) is 3.51. The smallest absolute Gasteiger partial charge is 0.329 e. The van der Waals surface area contributed by atoms with Crippen LogP contribution in [0.5, 0.6) is 5.75 Å². The number of amides is 2. The van der Waals surface area contributed by atoms with Crippen molar-refractivity contribution in [3.05, 3.63) is 65.7 Å². The Hall–Kier alpha value is -3.35. The van der Waals surface area contributed by atoms with Gasteiger partial charge in [0.2, 0.25) is 0 Å². The van der Waals surface area contributed by atoms with E-state index in [0.717, 1.165) is 5.56 Å². The average Bonchev–Trinajstić information content (AvgIpc) is 2.74. The molecule has 0 fully saturated rings. The molecule has 1 unspecified atom stereocenters. The topological polar surface area (TPSA) is 93.7 Å². The van der Waals surface area contributed by atoms with Gasteiger partial charge in [0.15, 0.2) is 6.61 Å². The molecule has 0 aromatic heterocycles. The molecule has 0 aliphatic heterocycles. The van der Waals surface area contributed by atoms with E-state index in [-0.39, 0.29) is 5.92 Å². The molecule has 0 radical (unpaired) electrons. The van der Waals surface area contributed by atoms with Crippen LogP contribution < -0.4 is 15.4 Å². The zero-order chi connectivity index (χ0) is 21.2. The first-order chi connectivity index (χ1) is 13.9. The zero-order valence-electron chi connectivity index (χ0n) is 16.8. The molecule has 29 heavy (non-hydrogen) atoms. The minimum atomic E-state index is -0.869. The van der Waals surface area contributed by atoms with Crippen LogP contribution in [0.4, 0.5) is 0 Å². The van der Waals surface area contributed by atoms with Crippen LogP contribution in [0.2, 0.25) is 0 Å². The van der Waals surface area contributed by atoms with E-state index in [1.54, 1.807) is 38.1 Å². The standard InChI is InChI=1S/C22H26N2O5/c1-15(2)20(24-21(26)17-9-11-18(28-3)12-10-17)22(27)29-14-19(25)23-13-16-7-5-4-6-8-16/h4-12,15,20H,13-14H2,1-3H3,(H,23,25)(H,24,26). The SMILES string of the molecule is COc1ccc(C(=O)NC(C(=O)OCC(=O)NCc2ccccc2)C(C)C)cc1. The lowest BCUT2D eigenvalue weighted by molar-refractivity contribution is -0.151. The fourth-order valence-electron chi connectivity index (χ4n) is 2.54. The van der Waals surface area contributed by atoms with Crippen molar-refractivity contribution in [3.63, 3.8) is 0 Å². The van der Waals surface area contributed by atoms with Crippen LogP contribution in [-0.4, -0.2) is 37.5 Å². The summed E-state index contributed by atoms with van der Waals surface area (Å²) in [5.41, 5.74) is 1.34. The molecule has 2 amide bonds. The average molecular weight is 398 g/mol. The van der Waals surface area contributed by atoms with Gasteiger partial charge in [-0.2, -0.15) is 0 Å². The summed E-state index contributed by atoms with van der Waals surface area (Å²) < 4.78 is 10.2. The number of methoxy groups -OCH3 is 1. The second-order valence-electron chi connectivity index (χ2n) is 6.79. The van der Waals surface area contributed by atoms with Crippen LogP contribution in [0.1, 0.15) is 29.8 Å². The van der Waals surface area contributed by atoms with Gasteiger partial charge in [0.25, 0.3) is 11.8 Å². The van der Waals surface area contributed by atoms with Crippen molar-refractivity contribution >= 4 is 17.8 Å². The molecule has 0 aliphatic carbocycles. The van der Waals surface area contributed by atoms with Gasteiger partial charge in [-0.05, 0) is 35.7 Å². The van der Waals surface area contributed by atoms with Crippen molar-refractivity contribution in [2.45, 2.75) is 26.4 Å². The maximum absolute atomic E-state index is 12.4. The lowest BCUT2D eigenvalue weighted by Crippen LogP contribution is -2.46. The van der Waals surface area contributed by atoms with Crippen LogP contribution in [0, 0.1) is 5.92 Å². The summed E-state index contributed by atoms with van der Waals surface area (Å²) in [5, 5.41) is 5.35. The Morgan fingerprint density at radius 1 is 0.966 bits per heavy atom. The van der Waals surface area contributed by atoms with E-state index in [9.17, 15) is 14.4 Å². The van der Waals surface area contributed by atoms with Crippen LogP contribution in [-0.2, 0) is 20.9 Å². The summed E-state index contributed by atoms with van der Waals surface area (Å²) in [7, 11) is 1.54. The fourth-order valence-corrected chi connectivity index (χ4v) is 2.54. The van der Waals surface area contributed by atoms with Crippen molar-refractivity contribution in [1.82, 2.24) is 10.6 Å². The Balaban J connectivity index is 1.86. The number of hydrogen-bond donors (Lipinski definition) is 2. The van der Waals surface area contributed by atoms with E-state index in [4.69, 9.17) is 9.47 Å². The molecule has 0 aliphatic rings. The third-order valence-corrected chi connectivity index (χ3v) is 4.24. The van der Waals surface area contributed by atoms with Crippen LogP contribution in [0.15, 0.2) is 54.6 Å². The monoisotopic (exact) mass is 398 g/mol. The number of ether oxygens (including phenoxy) is 2. The Kier molecular flexibility index (Phi) is 8.21. The predicted molar refractivity (Wildman–Crippen MR) is 108 cm³/mol. The Labute approximate surface area is 170 Å². The lowest BCUT2D eigenvalue weighted by Gasteiger charge is -2.21. The van der Waals surface area contributed by atoms with Crippen molar-refractivity contribution in [3.8, 4) is 5.75 Å². The third kappa shape index (κ3) is 6.95. The van der Waals surface area contributed by atoms with Crippen molar-refractivity contribution in [2.24, 2.45) is 5.92 Å². The first kappa shape index (κ1) is 21.9. The molecule has 0 saturated carbocycles. The van der Waals surface area contributed by atoms with Crippen molar-refractivity contribution < 1.29 is 23.9 Å². The van der Waals surface area contributed by atoms with E-state index < -0.39 is 30.4 Å². The summed E-state index contributed by atoms with van der Waals surface area (Å²) >= 11 is 0. The molecule has 0 saturated heterocycles. The van der Waals surface area contributed by atoms with Crippen LogP contribution in [0.3, 0.4) is 0 Å². The highest BCUT2D eigenvalue weighted by Gasteiger charge is 2.26. The third-order valence-electron chi connectivity index (χ3n) is 4.24. The van der Waals surface area contributed by atoms with Crippen molar-refractivity contribution in [1.29, 1.82) is 0 Å². The zero-order valence-corrected chi connectivity index (χ0v) is 16.8. The molecular formula is C22H26N2O5. The van der Waals surface area contributed by atoms with Gasteiger partial charge in [-0.15, -0.1) is 0 Å². The van der Waals surface area contributed by atoms with Gasteiger partial charge >= 0.3 is 5.97 Å². The second-order valence-corrected chi connectivity index (χ2v) is 6.79. The number of hydrogen-bond acceptors (Lipinski definition) is 5. The van der Waals surface area contributed by atoms with Gasteiger partial charge < -0.3 is 20.1 Å². The number of benzene rings is 2. The van der Waals surface area contributed by atoms with E-state index in [2.05, 4.69) is 10.6 Å². The molecule has 7 heteroatoms. The van der Waals surface area contributed by atoms with Gasteiger partial charge in [0.1, 0.15) is 11.8 Å². The summed E-state index contributed by atoms with van der Waals surface area (Å²) in [4.78, 5) is 36.7. The normalized spacial score (nSPS) is 11.4. The maximum atomic E-state index is 12.4. The molecule has 0 heterocycles. The second kappa shape index (κ2) is 10.8. The molecule has 0 spiro atoms. The number of rotatable bonds is 9. The highest BCUT2D eigenvalue weighted by molar-refractivity contribution is 5.97. The maximum Gasteiger partial charge on any atom is 0.329 e. The fraction of sp³-hybridized carbons (Fsp3) is 0.318. The molecule has 7 nitrogen and oxygen atoms in total. The van der Waals surface area contributed by atoms with Gasteiger partial charge in [-0.1, -0.05) is 44.2 Å². The van der Waals surface area contributed by atoms with E-state index in [0.29, 0.717) is 17.9 Å². The van der Waals surface area contributed by atoms with Crippen LogP contribution >= 0.6 is 0 Å². The molecule has 2 aromatic rings. The van der Waals surface area contributed by atoms with Crippen LogP contribution in [0.25, 0.3) is 0 Å². The highest BCUT2D eigenvalue weighted by atomic mass is 16.5. The van der Waals surface area contributed by atoms with Gasteiger partial charge in [0, 0.05) is 12.1 Å². The quantitative estimate of drug-likeness (QED) is 0.632. The number of esters is 1. The molecule has 2 rings (SSSR count). The molecule has 154 valence electrons. The summed E-state index contributed by atoms with van der Waals surface area (Å²) in [6, 6.07) is 15.1. The highest BCUT2D eigenvalue weighted by Crippen LogP contribution is 2.12. The molecular weight excluding hydrogens is 372 g/mol. The number of carbonyl (C=O) groups excluding carboxylic acids is 3. The minimum Gasteiger partial charge on any atom is -0.497 e. The van der Waals surface area contributed by atoms with Gasteiger partial charge in [0.05, 0.1) is 7.11 Å². The number of carbonyl (C=O) groups is 3. The largest absolute Gasteiger partial charge is 0.497 e. The van der Waals surface area contributed by atoms with Crippen molar-refractivity contribution in [2.75, 3.05) is 13.7 Å². The molecule has 2 N–H and O–H groups in total. The lowest BCUT2D eigenvalue weighted by atomic mass is 10.0. The first-order valence-electron chi connectivity index (χ1n) is 9.33. The van der Waals surface area contributed by atoms with E-state index in [1.165, 1.54) is 7.11 Å². The molecule has 2 aromatic carbocycles. The Morgan fingerprint density at radius 3 is 2.21 bits per heavy atom. The van der Waals surface area contributed by atoms with Gasteiger partial charge in [-0.25, -0.2) is 4.79 Å². The predicted octanol–water partition coefficient (Wildman–Crippen LogP) is 2.31. The first-order valence-corrected chi connectivity index (χ1v) is 9.33. The summed E-state index contributed by atoms with van der Waals surface area (Å²) in [6.07, 6.45) is 0. The Morgan fingerprint density at radius 2 is 1.62 bits per heavy atom. The van der Waals surface area contributed by atoms with Gasteiger partial charge in [-0.3, -0.25) is 9.59 Å². The Bertz CT molecular complexity index is 819.